The van der Waals surface area contributed by atoms with Gasteiger partial charge in [-0.15, -0.1) is 0 Å². The van der Waals surface area contributed by atoms with Crippen LogP contribution in [0.3, 0.4) is 0 Å². The van der Waals surface area contributed by atoms with Gasteiger partial charge in [-0.05, 0) is 19.4 Å². The van der Waals surface area contributed by atoms with E-state index in [0.29, 0.717) is 12.4 Å². The van der Waals surface area contributed by atoms with E-state index in [1.165, 1.54) is 0 Å². The highest BCUT2D eigenvalue weighted by molar-refractivity contribution is 5.88. The first-order chi connectivity index (χ1) is 11.1. The number of aromatic nitrogens is 2. The summed E-state index contributed by atoms with van der Waals surface area (Å²) in [5.41, 5.74) is 2.10. The van der Waals surface area contributed by atoms with Gasteiger partial charge in [0, 0.05) is 30.6 Å². The third-order valence-electron chi connectivity index (χ3n) is 4.23. The Hall–Kier alpha value is -2.50. The van der Waals surface area contributed by atoms with Crippen molar-refractivity contribution < 1.29 is 9.53 Å². The largest absolute Gasteiger partial charge is 0.493 e. The van der Waals surface area contributed by atoms with Crippen molar-refractivity contribution in [2.75, 3.05) is 11.9 Å². The van der Waals surface area contributed by atoms with Crippen LogP contribution >= 0.6 is 0 Å². The number of hydrogen-bond acceptors (Lipinski definition) is 3. The van der Waals surface area contributed by atoms with Crippen molar-refractivity contribution in [1.82, 2.24) is 15.1 Å². The van der Waals surface area contributed by atoms with Crippen molar-refractivity contribution in [3.63, 3.8) is 0 Å². The van der Waals surface area contributed by atoms with E-state index < -0.39 is 0 Å². The molecule has 1 aromatic carbocycles. The maximum atomic E-state index is 12.2. The molecular formula is C17H22N4O2. The van der Waals surface area contributed by atoms with Crippen molar-refractivity contribution in [3.8, 4) is 5.75 Å². The van der Waals surface area contributed by atoms with Crippen molar-refractivity contribution in [1.29, 1.82) is 0 Å². The molecule has 0 bridgehead atoms. The third kappa shape index (κ3) is 3.16. The Balaban J connectivity index is 1.63. The van der Waals surface area contributed by atoms with Gasteiger partial charge in [-0.1, -0.05) is 25.1 Å². The number of rotatable bonds is 4. The summed E-state index contributed by atoms with van der Waals surface area (Å²) in [7, 11) is 1.82. The summed E-state index contributed by atoms with van der Waals surface area (Å²) in [6, 6.07) is 9.60. The Morgan fingerprint density at radius 2 is 2.26 bits per heavy atom. The lowest BCUT2D eigenvalue weighted by atomic mass is 9.94. The number of para-hydroxylation sites is 1. The fourth-order valence-corrected chi connectivity index (χ4v) is 2.88. The summed E-state index contributed by atoms with van der Waals surface area (Å²) in [5.74, 6) is 1.76. The lowest BCUT2D eigenvalue weighted by Crippen LogP contribution is -2.40. The van der Waals surface area contributed by atoms with Gasteiger partial charge < -0.3 is 10.1 Å². The van der Waals surface area contributed by atoms with Crippen molar-refractivity contribution >= 4 is 11.8 Å². The summed E-state index contributed by atoms with van der Waals surface area (Å²) in [5, 5.41) is 10.2. The van der Waals surface area contributed by atoms with Crippen LogP contribution in [-0.2, 0) is 13.5 Å². The van der Waals surface area contributed by atoms with Gasteiger partial charge in [-0.3, -0.25) is 10.00 Å². The van der Waals surface area contributed by atoms with Crippen LogP contribution in [0.15, 0.2) is 30.3 Å². The van der Waals surface area contributed by atoms with E-state index in [-0.39, 0.29) is 18.0 Å². The number of carbonyl (C=O) groups is 1. The van der Waals surface area contributed by atoms with Crippen LogP contribution in [0.2, 0.25) is 0 Å². The maximum absolute atomic E-state index is 12.2. The molecule has 1 aliphatic rings. The summed E-state index contributed by atoms with van der Waals surface area (Å²) in [6.07, 6.45) is 0.837. The zero-order chi connectivity index (χ0) is 16.4. The highest BCUT2D eigenvalue weighted by Gasteiger charge is 2.29. The number of anilines is 1. The van der Waals surface area contributed by atoms with Crippen LogP contribution in [0.25, 0.3) is 0 Å². The molecule has 23 heavy (non-hydrogen) atoms. The molecule has 0 unspecified atom stereocenters. The van der Waals surface area contributed by atoms with Crippen LogP contribution in [-0.4, -0.2) is 28.5 Å². The van der Waals surface area contributed by atoms with Crippen LogP contribution < -0.4 is 15.4 Å². The van der Waals surface area contributed by atoms with E-state index in [2.05, 4.69) is 21.8 Å². The summed E-state index contributed by atoms with van der Waals surface area (Å²) >= 11 is 0. The molecule has 6 nitrogen and oxygen atoms in total. The molecule has 3 rings (SSSR count). The number of benzene rings is 1. The van der Waals surface area contributed by atoms with Crippen LogP contribution in [0.1, 0.15) is 31.0 Å². The second-order valence-corrected chi connectivity index (χ2v) is 5.84. The molecular weight excluding hydrogens is 292 g/mol. The number of hydrogen-bond donors (Lipinski definition) is 2. The number of nitrogens with zero attached hydrogens (tertiary/aromatic N) is 2. The summed E-state index contributed by atoms with van der Waals surface area (Å²) in [4.78, 5) is 12.2. The van der Waals surface area contributed by atoms with E-state index in [9.17, 15) is 4.79 Å². The summed E-state index contributed by atoms with van der Waals surface area (Å²) in [6.45, 7) is 4.62. The van der Waals surface area contributed by atoms with Crippen LogP contribution in [0.5, 0.6) is 5.75 Å². The molecule has 0 aliphatic carbocycles. The van der Waals surface area contributed by atoms with Crippen LogP contribution in [0, 0.1) is 0 Å². The Labute approximate surface area is 135 Å². The minimum Gasteiger partial charge on any atom is -0.493 e. The first kappa shape index (κ1) is 15.4. The Kier molecular flexibility index (Phi) is 4.23. The second kappa shape index (κ2) is 6.32. The molecule has 0 spiro atoms. The average Bonchev–Trinajstić information content (AvgIpc) is 3.11. The average molecular weight is 314 g/mol. The normalized spacial score (nSPS) is 17.3. The predicted octanol–water partition coefficient (Wildman–Crippen LogP) is 2.67. The standard InChI is InChI=1S/C17H22N4O2/c1-4-12-9-16(21(3)20-12)19-17(22)18-11(2)14-10-23-15-8-6-5-7-13(14)15/h5-9,11,14H,4,10H2,1-3H3,(H2,18,19,22)/t11-,14+/m0/s1. The number of nitrogens with one attached hydrogen (secondary N) is 2. The zero-order valence-corrected chi connectivity index (χ0v) is 13.7. The van der Waals surface area contributed by atoms with Gasteiger partial charge in [0.05, 0.1) is 12.3 Å². The predicted molar refractivity (Wildman–Crippen MR) is 88.9 cm³/mol. The lowest BCUT2D eigenvalue weighted by molar-refractivity contribution is 0.244. The molecule has 2 atom stereocenters. The molecule has 6 heteroatoms. The molecule has 2 amide bonds. The van der Waals surface area contributed by atoms with Gasteiger partial charge in [0.25, 0.3) is 0 Å². The molecule has 0 saturated carbocycles. The third-order valence-corrected chi connectivity index (χ3v) is 4.23. The summed E-state index contributed by atoms with van der Waals surface area (Å²) < 4.78 is 7.36. The molecule has 2 heterocycles. The first-order valence-electron chi connectivity index (χ1n) is 7.90. The molecule has 2 aromatic rings. The first-order valence-corrected chi connectivity index (χ1v) is 7.90. The molecule has 0 radical (unpaired) electrons. The Morgan fingerprint density at radius 3 is 3.00 bits per heavy atom. The maximum Gasteiger partial charge on any atom is 0.320 e. The Morgan fingerprint density at radius 1 is 1.48 bits per heavy atom. The van der Waals surface area contributed by atoms with E-state index >= 15 is 0 Å². The van der Waals surface area contributed by atoms with Crippen LogP contribution in [0.4, 0.5) is 10.6 Å². The van der Waals surface area contributed by atoms with Gasteiger partial charge in [0.1, 0.15) is 11.6 Å². The highest BCUT2D eigenvalue weighted by atomic mass is 16.5. The minimum absolute atomic E-state index is 0.0301. The number of aryl methyl sites for hydroxylation is 2. The smallest absolute Gasteiger partial charge is 0.320 e. The number of fused-ring (bicyclic) bond motifs is 1. The van der Waals surface area contributed by atoms with E-state index in [0.717, 1.165) is 23.4 Å². The van der Waals surface area contributed by atoms with Gasteiger partial charge in [-0.25, -0.2) is 4.79 Å². The SMILES string of the molecule is CCc1cc(NC(=O)N[C@@H](C)[C@H]2COc3ccccc32)n(C)n1. The highest BCUT2D eigenvalue weighted by Crippen LogP contribution is 2.35. The fourth-order valence-electron chi connectivity index (χ4n) is 2.88. The fraction of sp³-hybridized carbons (Fsp3) is 0.412. The zero-order valence-electron chi connectivity index (χ0n) is 13.7. The topological polar surface area (TPSA) is 68.2 Å². The molecule has 0 fully saturated rings. The molecule has 2 N–H and O–H groups in total. The lowest BCUT2D eigenvalue weighted by Gasteiger charge is -2.20. The van der Waals surface area contributed by atoms with E-state index in [1.807, 2.05) is 45.2 Å². The van der Waals surface area contributed by atoms with Gasteiger partial charge >= 0.3 is 6.03 Å². The van der Waals surface area contributed by atoms with Crippen molar-refractivity contribution in [2.24, 2.45) is 7.05 Å². The molecule has 122 valence electrons. The van der Waals surface area contributed by atoms with E-state index in [4.69, 9.17) is 4.74 Å². The molecule has 0 saturated heterocycles. The monoisotopic (exact) mass is 314 g/mol. The quantitative estimate of drug-likeness (QED) is 0.911. The number of ether oxygens (including phenoxy) is 1. The van der Waals surface area contributed by atoms with E-state index in [1.54, 1.807) is 4.68 Å². The number of carbonyl (C=O) groups excluding carboxylic acids is 1. The van der Waals surface area contributed by atoms with Crippen molar-refractivity contribution in [2.45, 2.75) is 32.2 Å². The Bertz CT molecular complexity index is 710. The van der Waals surface area contributed by atoms with Gasteiger partial charge in [0.15, 0.2) is 0 Å². The van der Waals surface area contributed by atoms with Crippen molar-refractivity contribution in [3.05, 3.63) is 41.6 Å². The second-order valence-electron chi connectivity index (χ2n) is 5.84. The minimum atomic E-state index is -0.229. The number of amides is 2. The molecule has 1 aliphatic heterocycles. The van der Waals surface area contributed by atoms with Gasteiger partial charge in [-0.2, -0.15) is 5.10 Å². The van der Waals surface area contributed by atoms with Gasteiger partial charge in [0.2, 0.25) is 0 Å². The molecule has 1 aromatic heterocycles. The number of urea groups is 1.